The average Bonchev–Trinajstić information content (AvgIpc) is 3.41. The highest BCUT2D eigenvalue weighted by Crippen LogP contribution is 2.34. The van der Waals surface area contributed by atoms with Crippen LogP contribution in [0.4, 0.5) is 10.1 Å². The van der Waals surface area contributed by atoms with Crippen LogP contribution in [0, 0.1) is 12.7 Å². The number of rotatable bonds is 5. The molecule has 0 aliphatic heterocycles. The van der Waals surface area contributed by atoms with E-state index >= 15 is 0 Å². The molecule has 2 amide bonds. The van der Waals surface area contributed by atoms with Gasteiger partial charge in [-0.3, -0.25) is 9.59 Å². The average molecular weight is 448 g/mol. The number of hydrogen-bond donors (Lipinski definition) is 2. The molecule has 1 saturated carbocycles. The molecule has 4 rings (SSSR count). The smallest absolute Gasteiger partial charge is 0.261 e. The van der Waals surface area contributed by atoms with E-state index in [0.717, 1.165) is 12.8 Å². The normalized spacial score (nSPS) is 13.2. The number of anilines is 1. The maximum atomic E-state index is 14.3. The fourth-order valence-electron chi connectivity index (χ4n) is 3.00. The van der Waals surface area contributed by atoms with Crippen molar-refractivity contribution in [3.63, 3.8) is 0 Å². The molecule has 0 atom stereocenters. The molecule has 0 bridgehead atoms. The highest BCUT2D eigenvalue weighted by Gasteiger charge is 2.27. The number of nitrogens with zero attached hydrogens (tertiary/aromatic N) is 1. The topological polar surface area (TPSA) is 84.2 Å². The molecule has 1 fully saturated rings. The quantitative estimate of drug-likeness (QED) is 0.559. The highest BCUT2D eigenvalue weighted by molar-refractivity contribution is 6.34. The van der Waals surface area contributed by atoms with Gasteiger partial charge in [-0.15, -0.1) is 0 Å². The van der Waals surface area contributed by atoms with Crippen molar-refractivity contribution >= 4 is 40.7 Å². The Morgan fingerprint density at radius 2 is 1.90 bits per heavy atom. The van der Waals surface area contributed by atoms with Gasteiger partial charge in [0.1, 0.15) is 22.8 Å². The SMILES string of the molecule is Cc1onc(-c2c(F)cccc2Cl)c1C(=O)Nc1ccc(C(=O)NC2CC2)c(Cl)c1. The number of halogens is 3. The van der Waals surface area contributed by atoms with E-state index in [1.807, 2.05) is 0 Å². The van der Waals surface area contributed by atoms with Gasteiger partial charge in [0, 0.05) is 11.7 Å². The molecule has 0 saturated heterocycles. The molecule has 1 aromatic heterocycles. The van der Waals surface area contributed by atoms with Crippen LogP contribution in [0.5, 0.6) is 0 Å². The minimum absolute atomic E-state index is 0.000344. The van der Waals surface area contributed by atoms with Gasteiger partial charge in [0.15, 0.2) is 0 Å². The van der Waals surface area contributed by atoms with Crippen molar-refractivity contribution in [3.05, 3.63) is 69.1 Å². The Kier molecular flexibility index (Phi) is 5.49. The summed E-state index contributed by atoms with van der Waals surface area (Å²) < 4.78 is 19.5. The predicted octanol–water partition coefficient (Wildman–Crippen LogP) is 5.24. The molecular weight excluding hydrogens is 432 g/mol. The number of nitrogens with one attached hydrogen (secondary N) is 2. The largest absolute Gasteiger partial charge is 0.360 e. The first-order valence-electron chi connectivity index (χ1n) is 9.17. The van der Waals surface area contributed by atoms with Crippen LogP contribution in [0.15, 0.2) is 40.9 Å². The van der Waals surface area contributed by atoms with E-state index in [9.17, 15) is 14.0 Å². The van der Waals surface area contributed by atoms with Crippen molar-refractivity contribution in [2.75, 3.05) is 5.32 Å². The summed E-state index contributed by atoms with van der Waals surface area (Å²) in [6.45, 7) is 1.54. The molecule has 2 N–H and O–H groups in total. The van der Waals surface area contributed by atoms with Crippen molar-refractivity contribution in [1.82, 2.24) is 10.5 Å². The number of carbonyl (C=O) groups is 2. The lowest BCUT2D eigenvalue weighted by Crippen LogP contribution is -2.25. The molecule has 1 aliphatic rings. The van der Waals surface area contributed by atoms with Gasteiger partial charge in [-0.2, -0.15) is 0 Å². The zero-order chi connectivity index (χ0) is 21.4. The van der Waals surface area contributed by atoms with Gasteiger partial charge in [0.25, 0.3) is 11.8 Å². The van der Waals surface area contributed by atoms with E-state index in [2.05, 4.69) is 15.8 Å². The molecule has 9 heteroatoms. The zero-order valence-corrected chi connectivity index (χ0v) is 17.3. The molecule has 154 valence electrons. The van der Waals surface area contributed by atoms with E-state index in [0.29, 0.717) is 11.3 Å². The molecule has 1 heterocycles. The van der Waals surface area contributed by atoms with Crippen LogP contribution in [-0.4, -0.2) is 23.0 Å². The van der Waals surface area contributed by atoms with Crippen molar-refractivity contribution in [3.8, 4) is 11.3 Å². The molecule has 3 aromatic rings. The Hall–Kier alpha value is -2.90. The maximum absolute atomic E-state index is 14.3. The fourth-order valence-corrected chi connectivity index (χ4v) is 3.51. The lowest BCUT2D eigenvalue weighted by molar-refractivity contribution is 0.0950. The van der Waals surface area contributed by atoms with Gasteiger partial charge >= 0.3 is 0 Å². The number of benzene rings is 2. The van der Waals surface area contributed by atoms with E-state index in [1.54, 1.807) is 13.0 Å². The van der Waals surface area contributed by atoms with Crippen LogP contribution in [0.3, 0.4) is 0 Å². The third-order valence-corrected chi connectivity index (χ3v) is 5.30. The molecule has 1 aliphatic carbocycles. The van der Waals surface area contributed by atoms with E-state index in [1.165, 1.54) is 30.3 Å². The number of hydrogen-bond acceptors (Lipinski definition) is 4. The molecule has 30 heavy (non-hydrogen) atoms. The Bertz CT molecular complexity index is 1140. The van der Waals surface area contributed by atoms with Gasteiger partial charge in [0.05, 0.1) is 21.2 Å². The third kappa shape index (κ3) is 4.04. The Morgan fingerprint density at radius 1 is 1.13 bits per heavy atom. The Balaban J connectivity index is 1.60. The number of aromatic nitrogens is 1. The fraction of sp³-hybridized carbons (Fsp3) is 0.190. The van der Waals surface area contributed by atoms with Gasteiger partial charge in [0.2, 0.25) is 0 Å². The first kappa shape index (κ1) is 20.4. The second-order valence-corrected chi connectivity index (χ2v) is 7.77. The summed E-state index contributed by atoms with van der Waals surface area (Å²) in [5.41, 5.74) is 0.709. The molecular formula is C21H16Cl2FN3O3. The first-order chi connectivity index (χ1) is 14.3. The second-order valence-electron chi connectivity index (χ2n) is 6.96. The summed E-state index contributed by atoms with van der Waals surface area (Å²) in [7, 11) is 0. The lowest BCUT2D eigenvalue weighted by Gasteiger charge is -2.10. The zero-order valence-electron chi connectivity index (χ0n) is 15.8. The van der Waals surface area contributed by atoms with Crippen LogP contribution in [0.1, 0.15) is 39.3 Å². The standard InChI is InChI=1S/C21H16Cl2FN3O3/c1-10-17(19(27-30-10)18-14(22)3-2-4-16(18)24)21(29)26-12-7-8-13(15(23)9-12)20(28)25-11-5-6-11/h2-4,7-9,11H,5-6H2,1H3,(H,25,28)(H,26,29). The lowest BCUT2D eigenvalue weighted by atomic mass is 10.0. The van der Waals surface area contributed by atoms with Gasteiger partial charge in [-0.25, -0.2) is 4.39 Å². The Labute approximate surface area is 181 Å². The minimum Gasteiger partial charge on any atom is -0.360 e. The summed E-state index contributed by atoms with van der Waals surface area (Å²) in [6.07, 6.45) is 1.92. The van der Waals surface area contributed by atoms with E-state index < -0.39 is 11.7 Å². The molecule has 6 nitrogen and oxygen atoms in total. The van der Waals surface area contributed by atoms with Crippen LogP contribution in [0.2, 0.25) is 10.0 Å². The monoisotopic (exact) mass is 447 g/mol. The molecule has 0 unspecified atom stereocenters. The van der Waals surface area contributed by atoms with Crippen molar-refractivity contribution in [1.29, 1.82) is 0 Å². The maximum Gasteiger partial charge on any atom is 0.261 e. The number of amides is 2. The number of carbonyl (C=O) groups excluding carboxylic acids is 2. The van der Waals surface area contributed by atoms with Crippen molar-refractivity contribution < 1.29 is 18.5 Å². The van der Waals surface area contributed by atoms with Crippen LogP contribution < -0.4 is 10.6 Å². The van der Waals surface area contributed by atoms with Crippen molar-refractivity contribution in [2.45, 2.75) is 25.8 Å². The summed E-state index contributed by atoms with van der Waals surface area (Å²) in [5, 5.41) is 9.65. The third-order valence-electron chi connectivity index (χ3n) is 4.67. The second kappa shape index (κ2) is 8.08. The van der Waals surface area contributed by atoms with Gasteiger partial charge in [-0.05, 0) is 50.1 Å². The minimum atomic E-state index is -0.626. The molecule has 0 spiro atoms. The summed E-state index contributed by atoms with van der Waals surface area (Å²) in [6, 6.07) is 8.94. The first-order valence-corrected chi connectivity index (χ1v) is 9.93. The van der Waals surface area contributed by atoms with E-state index in [-0.39, 0.29) is 44.6 Å². The highest BCUT2D eigenvalue weighted by atomic mass is 35.5. The van der Waals surface area contributed by atoms with Crippen LogP contribution in [0.25, 0.3) is 11.3 Å². The van der Waals surface area contributed by atoms with Crippen LogP contribution in [-0.2, 0) is 0 Å². The summed E-state index contributed by atoms with van der Waals surface area (Å²) >= 11 is 12.3. The van der Waals surface area contributed by atoms with E-state index in [4.69, 9.17) is 27.7 Å². The summed E-state index contributed by atoms with van der Waals surface area (Å²) in [4.78, 5) is 25.1. The van der Waals surface area contributed by atoms with Crippen molar-refractivity contribution in [2.24, 2.45) is 0 Å². The molecule has 2 aromatic carbocycles. The number of aryl methyl sites for hydroxylation is 1. The predicted molar refractivity (Wildman–Crippen MR) is 112 cm³/mol. The van der Waals surface area contributed by atoms with Crippen LogP contribution >= 0.6 is 23.2 Å². The van der Waals surface area contributed by atoms with Gasteiger partial charge < -0.3 is 15.2 Å². The van der Waals surface area contributed by atoms with Gasteiger partial charge in [-0.1, -0.05) is 34.4 Å². The Morgan fingerprint density at radius 3 is 2.57 bits per heavy atom. The molecule has 0 radical (unpaired) electrons. The summed E-state index contributed by atoms with van der Waals surface area (Å²) in [5.74, 6) is -1.26.